The van der Waals surface area contributed by atoms with Crippen LogP contribution in [0.3, 0.4) is 0 Å². The molecule has 1 atom stereocenters. The topological polar surface area (TPSA) is 35.2 Å². The highest BCUT2D eigenvalue weighted by molar-refractivity contribution is 5.22. The molecule has 0 saturated heterocycles. The third-order valence-electron chi connectivity index (χ3n) is 3.08. The summed E-state index contributed by atoms with van der Waals surface area (Å²) in [7, 11) is 0. The van der Waals surface area contributed by atoms with E-state index in [1.54, 1.807) is 0 Å². The zero-order chi connectivity index (χ0) is 13.3. The van der Waals surface area contributed by atoms with Crippen LogP contribution in [0.25, 0.3) is 0 Å². The monoisotopic (exact) mass is 255 g/mol. The Morgan fingerprint density at radius 2 is 1.53 bits per heavy atom. The zero-order valence-electron chi connectivity index (χ0n) is 11.2. The molecule has 2 aromatic carbocycles. The van der Waals surface area contributed by atoms with Crippen LogP contribution in [0.5, 0.6) is 5.75 Å². The summed E-state index contributed by atoms with van der Waals surface area (Å²) in [5.41, 5.74) is 6.91. The van der Waals surface area contributed by atoms with Gasteiger partial charge in [0.2, 0.25) is 0 Å². The first-order valence-corrected chi connectivity index (χ1v) is 6.84. The van der Waals surface area contributed by atoms with Gasteiger partial charge in [-0.25, -0.2) is 0 Å². The van der Waals surface area contributed by atoms with E-state index in [2.05, 4.69) is 24.3 Å². The fourth-order valence-electron chi connectivity index (χ4n) is 2.12. The van der Waals surface area contributed by atoms with Crippen LogP contribution in [0.2, 0.25) is 0 Å². The van der Waals surface area contributed by atoms with Crippen LogP contribution >= 0.6 is 0 Å². The van der Waals surface area contributed by atoms with Gasteiger partial charge in [-0.3, -0.25) is 0 Å². The highest BCUT2D eigenvalue weighted by Gasteiger charge is 2.11. The second kappa shape index (κ2) is 7.59. The van der Waals surface area contributed by atoms with Gasteiger partial charge in [0.1, 0.15) is 11.9 Å². The largest absolute Gasteiger partial charge is 0.490 e. The summed E-state index contributed by atoms with van der Waals surface area (Å²) in [6, 6.07) is 20.5. The average molecular weight is 255 g/mol. The molecule has 0 radical (unpaired) electrons. The lowest BCUT2D eigenvalue weighted by molar-refractivity contribution is 0.189. The molecule has 1 unspecified atom stereocenters. The normalized spacial score (nSPS) is 12.1. The molecule has 0 aliphatic rings. The number of rotatable bonds is 7. The first kappa shape index (κ1) is 13.6. The van der Waals surface area contributed by atoms with Crippen LogP contribution in [0.4, 0.5) is 0 Å². The van der Waals surface area contributed by atoms with Crippen molar-refractivity contribution in [1.82, 2.24) is 0 Å². The molecule has 0 bridgehead atoms. The minimum atomic E-state index is 0.188. The van der Waals surface area contributed by atoms with Gasteiger partial charge in [0.15, 0.2) is 0 Å². The van der Waals surface area contributed by atoms with E-state index < -0.39 is 0 Å². The van der Waals surface area contributed by atoms with E-state index in [-0.39, 0.29) is 6.10 Å². The Kier molecular flexibility index (Phi) is 5.45. The molecular formula is C17H21NO. The van der Waals surface area contributed by atoms with Crippen LogP contribution in [0.1, 0.15) is 18.4 Å². The molecule has 2 nitrogen and oxygen atoms in total. The first-order valence-electron chi connectivity index (χ1n) is 6.84. The van der Waals surface area contributed by atoms with Crippen molar-refractivity contribution in [2.45, 2.75) is 25.4 Å². The van der Waals surface area contributed by atoms with E-state index in [0.29, 0.717) is 6.54 Å². The van der Waals surface area contributed by atoms with Gasteiger partial charge in [-0.2, -0.15) is 0 Å². The van der Waals surface area contributed by atoms with Crippen molar-refractivity contribution in [3.8, 4) is 5.75 Å². The number of ether oxygens (including phenoxy) is 1. The highest BCUT2D eigenvalue weighted by Crippen LogP contribution is 2.16. The number of para-hydroxylation sites is 1. The van der Waals surface area contributed by atoms with Crippen molar-refractivity contribution >= 4 is 0 Å². The third-order valence-corrected chi connectivity index (χ3v) is 3.08. The summed E-state index contributed by atoms with van der Waals surface area (Å²) in [6.07, 6.45) is 3.09. The van der Waals surface area contributed by atoms with E-state index in [0.717, 1.165) is 25.0 Å². The third kappa shape index (κ3) is 4.76. The second-order valence-electron chi connectivity index (χ2n) is 4.67. The summed E-state index contributed by atoms with van der Waals surface area (Å²) in [4.78, 5) is 0. The molecule has 0 aliphatic heterocycles. The Balaban J connectivity index is 1.99. The molecule has 2 heteroatoms. The predicted molar refractivity (Wildman–Crippen MR) is 79.3 cm³/mol. The van der Waals surface area contributed by atoms with Crippen molar-refractivity contribution in [2.75, 3.05) is 6.54 Å². The maximum absolute atomic E-state index is 6.06. The lowest BCUT2D eigenvalue weighted by Gasteiger charge is -2.19. The second-order valence-corrected chi connectivity index (χ2v) is 4.67. The number of nitrogens with two attached hydrogens (primary N) is 1. The molecule has 0 fully saturated rings. The van der Waals surface area contributed by atoms with Crippen LogP contribution in [-0.2, 0) is 6.42 Å². The average Bonchev–Trinajstić information content (AvgIpc) is 2.47. The molecule has 2 rings (SSSR count). The molecule has 100 valence electrons. The van der Waals surface area contributed by atoms with Gasteiger partial charge in [-0.15, -0.1) is 0 Å². The van der Waals surface area contributed by atoms with Crippen LogP contribution in [0, 0.1) is 0 Å². The number of hydrogen-bond donors (Lipinski definition) is 1. The molecule has 0 aliphatic carbocycles. The van der Waals surface area contributed by atoms with Crippen molar-refractivity contribution in [1.29, 1.82) is 0 Å². The SMILES string of the molecule is NCCCC(Cc1ccccc1)Oc1ccccc1. The lowest BCUT2D eigenvalue weighted by Crippen LogP contribution is -2.21. The standard InChI is InChI=1S/C17H21NO/c18-13-7-12-17(14-15-8-3-1-4-9-15)19-16-10-5-2-6-11-16/h1-6,8-11,17H,7,12-14,18H2. The van der Waals surface area contributed by atoms with Gasteiger partial charge in [0.25, 0.3) is 0 Å². The summed E-state index contributed by atoms with van der Waals surface area (Å²) in [5.74, 6) is 0.931. The Labute approximate surface area is 115 Å². The van der Waals surface area contributed by atoms with Crippen LogP contribution in [-0.4, -0.2) is 12.6 Å². The van der Waals surface area contributed by atoms with Gasteiger partial charge in [0.05, 0.1) is 0 Å². The maximum Gasteiger partial charge on any atom is 0.119 e. The minimum absolute atomic E-state index is 0.188. The smallest absolute Gasteiger partial charge is 0.119 e. The summed E-state index contributed by atoms with van der Waals surface area (Å²) in [5, 5.41) is 0. The van der Waals surface area contributed by atoms with Gasteiger partial charge in [-0.05, 0) is 37.1 Å². The Morgan fingerprint density at radius 1 is 0.895 bits per heavy atom. The molecule has 2 N–H and O–H groups in total. The zero-order valence-corrected chi connectivity index (χ0v) is 11.2. The molecule has 0 aromatic heterocycles. The van der Waals surface area contributed by atoms with Gasteiger partial charge in [-0.1, -0.05) is 48.5 Å². The van der Waals surface area contributed by atoms with Crippen molar-refractivity contribution in [2.24, 2.45) is 5.73 Å². The molecule has 19 heavy (non-hydrogen) atoms. The predicted octanol–water partition coefficient (Wildman–Crippen LogP) is 3.42. The van der Waals surface area contributed by atoms with Crippen LogP contribution in [0.15, 0.2) is 60.7 Å². The van der Waals surface area contributed by atoms with E-state index >= 15 is 0 Å². The summed E-state index contributed by atoms with van der Waals surface area (Å²) >= 11 is 0. The number of benzene rings is 2. The lowest BCUT2D eigenvalue weighted by atomic mass is 10.0. The molecule has 0 spiro atoms. The minimum Gasteiger partial charge on any atom is -0.490 e. The van der Waals surface area contributed by atoms with Crippen molar-refractivity contribution in [3.05, 3.63) is 66.2 Å². The Bertz CT molecular complexity index is 414. The summed E-state index contributed by atoms with van der Waals surface area (Å²) < 4.78 is 6.06. The maximum atomic E-state index is 6.06. The molecule has 0 saturated carbocycles. The van der Waals surface area contributed by atoms with Crippen molar-refractivity contribution in [3.63, 3.8) is 0 Å². The van der Waals surface area contributed by atoms with E-state index in [1.807, 2.05) is 36.4 Å². The van der Waals surface area contributed by atoms with E-state index in [1.165, 1.54) is 5.56 Å². The van der Waals surface area contributed by atoms with E-state index in [9.17, 15) is 0 Å². The first-order chi connectivity index (χ1) is 9.38. The van der Waals surface area contributed by atoms with Crippen molar-refractivity contribution < 1.29 is 4.74 Å². The highest BCUT2D eigenvalue weighted by atomic mass is 16.5. The summed E-state index contributed by atoms with van der Waals surface area (Å²) in [6.45, 7) is 0.712. The fourth-order valence-corrected chi connectivity index (χ4v) is 2.12. The molecule has 2 aromatic rings. The van der Waals surface area contributed by atoms with Crippen LogP contribution < -0.4 is 10.5 Å². The van der Waals surface area contributed by atoms with Gasteiger partial charge >= 0.3 is 0 Å². The molecular weight excluding hydrogens is 234 g/mol. The quantitative estimate of drug-likeness (QED) is 0.822. The molecule has 0 amide bonds. The van der Waals surface area contributed by atoms with E-state index in [4.69, 9.17) is 10.5 Å². The Morgan fingerprint density at radius 3 is 2.16 bits per heavy atom. The molecule has 0 heterocycles. The number of hydrogen-bond acceptors (Lipinski definition) is 2. The Hall–Kier alpha value is -1.80. The fraction of sp³-hybridized carbons (Fsp3) is 0.294. The van der Waals surface area contributed by atoms with Gasteiger partial charge in [0, 0.05) is 6.42 Å². The van der Waals surface area contributed by atoms with Gasteiger partial charge < -0.3 is 10.5 Å².